The van der Waals surface area contributed by atoms with Gasteiger partial charge in [-0.3, -0.25) is 14.4 Å². The van der Waals surface area contributed by atoms with E-state index in [-0.39, 0.29) is 0 Å². The monoisotopic (exact) mass is 236 g/mol. The average Bonchev–Trinajstić information content (AvgIpc) is 2.84. The second-order valence-corrected chi connectivity index (χ2v) is 3.70. The van der Waals surface area contributed by atoms with Crippen LogP contribution in [0, 0.1) is 11.8 Å². The minimum absolute atomic E-state index is 0.831. The van der Waals surface area contributed by atoms with E-state index in [1.807, 2.05) is 0 Å². The van der Waals surface area contributed by atoms with Gasteiger partial charge in [0, 0.05) is 0 Å². The van der Waals surface area contributed by atoms with Gasteiger partial charge in [-0.1, -0.05) is 0 Å². The van der Waals surface area contributed by atoms with Crippen LogP contribution in [0.1, 0.15) is 0 Å². The van der Waals surface area contributed by atoms with Crippen molar-refractivity contribution in [1.82, 2.24) is 0 Å². The number of methoxy groups -OCH3 is 2. The third-order valence-corrected chi connectivity index (χ3v) is 3.00. The quantitative estimate of drug-likeness (QED) is 0.532. The molecule has 6 nitrogen and oxygen atoms in total. The number of halogens is 1. The van der Waals surface area contributed by atoms with Crippen molar-refractivity contribution in [2.45, 2.75) is 4.87 Å². The zero-order chi connectivity index (χ0) is 11.8. The number of alkyl halides is 1. The van der Waals surface area contributed by atoms with Crippen LogP contribution in [-0.2, 0) is 23.9 Å². The van der Waals surface area contributed by atoms with E-state index in [1.165, 1.54) is 0 Å². The number of carbonyl (C=O) groups is 3. The molecule has 1 rings (SSSR count). The number of aliphatic carboxylic acids is 1. The lowest BCUT2D eigenvalue weighted by Crippen LogP contribution is -2.23. The van der Waals surface area contributed by atoms with Crippen molar-refractivity contribution in [1.29, 1.82) is 0 Å². The Morgan fingerprint density at radius 2 is 1.47 bits per heavy atom. The predicted molar refractivity (Wildman–Crippen MR) is 47.2 cm³/mol. The highest BCUT2D eigenvalue weighted by Crippen LogP contribution is 2.57. The summed E-state index contributed by atoms with van der Waals surface area (Å²) in [5, 5.41) is 8.79. The molecule has 0 heterocycles. The summed E-state index contributed by atoms with van der Waals surface area (Å²) < 4.78 is 8.70. The number of hydrogen-bond acceptors (Lipinski definition) is 5. The lowest BCUT2D eigenvalue weighted by molar-refractivity contribution is -0.148. The van der Waals surface area contributed by atoms with Gasteiger partial charge in [0.25, 0.3) is 0 Å². The van der Waals surface area contributed by atoms with Gasteiger partial charge in [0.2, 0.25) is 0 Å². The lowest BCUT2D eigenvalue weighted by atomic mass is 10.3. The number of carbonyl (C=O) groups excluding carboxylic acids is 2. The molecule has 0 spiro atoms. The van der Waals surface area contributed by atoms with Gasteiger partial charge < -0.3 is 14.6 Å². The number of rotatable bonds is 3. The number of ether oxygens (including phenoxy) is 2. The highest BCUT2D eigenvalue weighted by atomic mass is 35.5. The average molecular weight is 237 g/mol. The SMILES string of the molecule is COC(=O)C1C(C(=O)OC)C1(Cl)C(=O)O. The zero-order valence-electron chi connectivity index (χ0n) is 8.02. The zero-order valence-corrected chi connectivity index (χ0v) is 8.78. The van der Waals surface area contributed by atoms with Gasteiger partial charge in [-0.2, -0.15) is 0 Å². The van der Waals surface area contributed by atoms with E-state index < -0.39 is 34.6 Å². The molecule has 0 aliphatic heterocycles. The highest BCUT2D eigenvalue weighted by Gasteiger charge is 2.77. The van der Waals surface area contributed by atoms with Gasteiger partial charge in [-0.25, -0.2) is 0 Å². The van der Waals surface area contributed by atoms with E-state index in [0.717, 1.165) is 14.2 Å². The summed E-state index contributed by atoms with van der Waals surface area (Å²) in [5.74, 6) is -5.47. The summed E-state index contributed by atoms with van der Waals surface area (Å²) in [7, 11) is 2.18. The molecule has 15 heavy (non-hydrogen) atoms. The van der Waals surface area contributed by atoms with Crippen molar-refractivity contribution in [2.24, 2.45) is 11.8 Å². The molecule has 1 fully saturated rings. The van der Waals surface area contributed by atoms with Crippen LogP contribution in [0.3, 0.4) is 0 Å². The summed E-state index contributed by atoms with van der Waals surface area (Å²) in [4.78, 5) is 31.2. The molecule has 0 radical (unpaired) electrons. The molecule has 1 aliphatic rings. The van der Waals surface area contributed by atoms with Crippen molar-refractivity contribution in [3.05, 3.63) is 0 Å². The van der Waals surface area contributed by atoms with Gasteiger partial charge in [0.1, 0.15) is 11.8 Å². The van der Waals surface area contributed by atoms with E-state index in [0.29, 0.717) is 0 Å². The Balaban J connectivity index is 2.94. The number of carboxylic acid groups (broad SMARTS) is 1. The number of carboxylic acids is 1. The van der Waals surface area contributed by atoms with Gasteiger partial charge in [-0.05, 0) is 0 Å². The van der Waals surface area contributed by atoms with Crippen molar-refractivity contribution in [3.63, 3.8) is 0 Å². The first-order valence-corrected chi connectivity index (χ1v) is 4.37. The largest absolute Gasteiger partial charge is 0.480 e. The Hall–Kier alpha value is -1.30. The summed E-state index contributed by atoms with van der Waals surface area (Å²) in [6, 6.07) is 0. The summed E-state index contributed by atoms with van der Waals surface area (Å²) in [6.07, 6.45) is 0. The second-order valence-electron chi connectivity index (χ2n) is 3.07. The lowest BCUT2D eigenvalue weighted by Gasteiger charge is -2.00. The fraction of sp³-hybridized carbons (Fsp3) is 0.625. The van der Waals surface area contributed by atoms with Gasteiger partial charge in [-0.15, -0.1) is 11.6 Å². The Bertz CT molecular complexity index is 303. The summed E-state index contributed by atoms with van der Waals surface area (Å²) in [5.41, 5.74) is 0. The molecule has 2 unspecified atom stereocenters. The minimum Gasteiger partial charge on any atom is -0.480 e. The van der Waals surface area contributed by atoms with Crippen LogP contribution in [0.2, 0.25) is 0 Å². The number of hydrogen-bond donors (Lipinski definition) is 1. The Kier molecular flexibility index (Phi) is 2.90. The molecule has 0 saturated heterocycles. The molecule has 0 aromatic heterocycles. The fourth-order valence-corrected chi connectivity index (χ4v) is 1.86. The summed E-state index contributed by atoms with van der Waals surface area (Å²) >= 11 is 5.66. The van der Waals surface area contributed by atoms with Gasteiger partial charge in [0.05, 0.1) is 14.2 Å². The molecular weight excluding hydrogens is 228 g/mol. The standard InChI is InChI=1S/C8H9ClO6/c1-14-5(10)3-4(6(11)15-2)8(3,9)7(12)13/h3-4H,1-2H3,(H,12,13). The third-order valence-electron chi connectivity index (χ3n) is 2.37. The van der Waals surface area contributed by atoms with E-state index >= 15 is 0 Å². The molecular formula is C8H9ClO6. The first-order chi connectivity index (χ1) is 6.91. The van der Waals surface area contributed by atoms with Crippen LogP contribution in [0.15, 0.2) is 0 Å². The molecule has 7 heteroatoms. The Morgan fingerprint density at radius 3 is 1.67 bits per heavy atom. The molecule has 0 aromatic rings. The van der Waals surface area contributed by atoms with Crippen LogP contribution in [0.25, 0.3) is 0 Å². The molecule has 2 atom stereocenters. The Morgan fingerprint density at radius 1 is 1.13 bits per heavy atom. The summed E-state index contributed by atoms with van der Waals surface area (Å²) in [6.45, 7) is 0. The maximum atomic E-state index is 11.1. The molecule has 0 aromatic carbocycles. The van der Waals surface area contributed by atoms with Crippen molar-refractivity contribution < 1.29 is 29.0 Å². The van der Waals surface area contributed by atoms with Crippen LogP contribution in [0.5, 0.6) is 0 Å². The molecule has 0 amide bonds. The highest BCUT2D eigenvalue weighted by molar-refractivity contribution is 6.40. The van der Waals surface area contributed by atoms with Crippen LogP contribution >= 0.6 is 11.6 Å². The normalized spacial score (nSPS) is 33.0. The van der Waals surface area contributed by atoms with E-state index in [2.05, 4.69) is 9.47 Å². The maximum Gasteiger partial charge on any atom is 0.326 e. The predicted octanol–water partition coefficient (Wildman–Crippen LogP) is -0.359. The molecule has 1 N–H and O–H groups in total. The molecule has 84 valence electrons. The van der Waals surface area contributed by atoms with Crippen molar-refractivity contribution >= 4 is 29.5 Å². The van der Waals surface area contributed by atoms with Crippen LogP contribution in [-0.4, -0.2) is 42.1 Å². The smallest absolute Gasteiger partial charge is 0.326 e. The van der Waals surface area contributed by atoms with E-state index in [1.54, 1.807) is 0 Å². The molecule has 1 aliphatic carbocycles. The first-order valence-electron chi connectivity index (χ1n) is 3.99. The third kappa shape index (κ3) is 1.54. The van der Waals surface area contributed by atoms with Crippen molar-refractivity contribution in [3.8, 4) is 0 Å². The number of esters is 2. The van der Waals surface area contributed by atoms with Gasteiger partial charge in [0.15, 0.2) is 4.87 Å². The molecule has 0 bridgehead atoms. The maximum absolute atomic E-state index is 11.1. The minimum atomic E-state index is -1.93. The topological polar surface area (TPSA) is 89.9 Å². The van der Waals surface area contributed by atoms with Crippen LogP contribution < -0.4 is 0 Å². The first kappa shape index (κ1) is 11.8. The second kappa shape index (κ2) is 3.69. The van der Waals surface area contributed by atoms with Crippen LogP contribution in [0.4, 0.5) is 0 Å². The fourth-order valence-electron chi connectivity index (χ4n) is 1.49. The van der Waals surface area contributed by atoms with Gasteiger partial charge >= 0.3 is 17.9 Å². The van der Waals surface area contributed by atoms with Crippen molar-refractivity contribution in [2.75, 3.05) is 14.2 Å². The van der Waals surface area contributed by atoms with E-state index in [4.69, 9.17) is 16.7 Å². The Labute approximate surface area is 90.1 Å². The van der Waals surface area contributed by atoms with E-state index in [9.17, 15) is 14.4 Å². The molecule has 1 saturated carbocycles.